The van der Waals surface area contributed by atoms with Gasteiger partial charge in [0.05, 0.1) is 37.6 Å². The first-order chi connectivity index (χ1) is 36.9. The quantitative estimate of drug-likeness (QED) is 0.0484. The van der Waals surface area contributed by atoms with Crippen molar-refractivity contribution in [3.8, 4) is 0 Å². The van der Waals surface area contributed by atoms with Crippen LogP contribution < -0.4 is 10.6 Å². The van der Waals surface area contributed by atoms with Crippen LogP contribution >= 0.6 is 0 Å². The predicted molar refractivity (Wildman–Crippen MR) is 288 cm³/mol. The van der Waals surface area contributed by atoms with E-state index in [1.807, 2.05) is 102 Å². The normalized spacial score (nSPS) is 18.0. The lowest BCUT2D eigenvalue weighted by molar-refractivity contribution is -0.839. The summed E-state index contributed by atoms with van der Waals surface area (Å²) >= 11 is 0. The van der Waals surface area contributed by atoms with Gasteiger partial charge >= 0.3 is 37.7 Å². The number of carbonyl (C=O) groups is 8. The molecule has 0 aliphatic carbocycles. The molecule has 420 valence electrons. The highest BCUT2D eigenvalue weighted by molar-refractivity contribution is 6.68. The number of hydrogen-bond acceptors (Lipinski definition) is 17. The summed E-state index contributed by atoms with van der Waals surface area (Å²) in [6.45, 7) is 12.5. The van der Waals surface area contributed by atoms with Crippen LogP contribution in [0.2, 0.25) is 11.6 Å². The van der Waals surface area contributed by atoms with Crippen LogP contribution in [0.15, 0.2) is 97.8 Å². The van der Waals surface area contributed by atoms with E-state index in [0.717, 1.165) is 11.1 Å². The number of aromatic nitrogens is 4. The van der Waals surface area contributed by atoms with E-state index in [4.69, 9.17) is 19.5 Å². The number of benzene rings is 2. The Morgan fingerprint density at radius 1 is 0.641 bits per heavy atom. The molecule has 6 rings (SSSR count). The van der Waals surface area contributed by atoms with E-state index in [0.29, 0.717) is 19.3 Å². The van der Waals surface area contributed by atoms with Gasteiger partial charge in [-0.05, 0) is 82.2 Å². The lowest BCUT2D eigenvalue weighted by Crippen LogP contribution is -2.68. The van der Waals surface area contributed by atoms with Crippen LogP contribution in [-0.2, 0) is 50.9 Å². The fourth-order valence-corrected chi connectivity index (χ4v) is 9.85. The van der Waals surface area contributed by atoms with E-state index < -0.39 is 73.2 Å². The molecule has 6 N–H and O–H groups in total. The summed E-state index contributed by atoms with van der Waals surface area (Å²) in [5.74, 6) is -5.13. The number of carboxylic acids is 2. The van der Waals surface area contributed by atoms with Crippen molar-refractivity contribution in [3.63, 3.8) is 0 Å². The van der Waals surface area contributed by atoms with Crippen LogP contribution in [0.4, 0.5) is 0 Å². The Bertz CT molecular complexity index is 2580. The first kappa shape index (κ1) is 63.3. The molecule has 4 heterocycles. The van der Waals surface area contributed by atoms with Gasteiger partial charge in [-0.3, -0.25) is 53.2 Å². The number of amides is 2. The fraction of sp³-hybridized carbons (Fsp3) is 0.481. The zero-order valence-electron chi connectivity index (χ0n) is 45.6. The Hall–Kier alpha value is -7.27. The van der Waals surface area contributed by atoms with Gasteiger partial charge in [0.2, 0.25) is 0 Å². The Morgan fingerprint density at radius 3 is 1.41 bits per heavy atom. The van der Waals surface area contributed by atoms with Crippen molar-refractivity contribution >= 4 is 61.1 Å². The second kappa shape index (κ2) is 30.0. The van der Waals surface area contributed by atoms with Crippen molar-refractivity contribution in [1.29, 1.82) is 0 Å². The summed E-state index contributed by atoms with van der Waals surface area (Å²) in [7, 11) is -1.58. The summed E-state index contributed by atoms with van der Waals surface area (Å²) in [4.78, 5) is 115. The van der Waals surface area contributed by atoms with E-state index in [2.05, 4.69) is 30.6 Å². The van der Waals surface area contributed by atoms with E-state index in [9.17, 15) is 48.4 Å². The maximum absolute atomic E-state index is 14.0. The van der Waals surface area contributed by atoms with Crippen LogP contribution in [-0.4, -0.2) is 161 Å². The molecule has 24 heteroatoms. The first-order valence-electron chi connectivity index (χ1n) is 26.1. The minimum absolute atomic E-state index is 0.0241. The van der Waals surface area contributed by atoms with Gasteiger partial charge in [0, 0.05) is 49.1 Å². The zero-order chi connectivity index (χ0) is 57.7. The van der Waals surface area contributed by atoms with Crippen molar-refractivity contribution in [2.75, 3.05) is 26.2 Å². The third kappa shape index (κ3) is 18.7. The van der Waals surface area contributed by atoms with Crippen LogP contribution in [0.25, 0.3) is 0 Å². The summed E-state index contributed by atoms with van der Waals surface area (Å²) in [5.41, 5.74) is 1.99. The largest absolute Gasteiger partial charge is 0.600 e. The average Bonchev–Trinajstić information content (AvgIpc) is 4.09. The van der Waals surface area contributed by atoms with Crippen LogP contribution in [0, 0.1) is 11.8 Å². The highest BCUT2D eigenvalue weighted by atomic mass is 16.7. The van der Waals surface area contributed by atoms with Gasteiger partial charge in [-0.2, -0.15) is 0 Å². The maximum Gasteiger partial charge on any atom is 0.587 e. The Labute approximate surface area is 455 Å². The summed E-state index contributed by atoms with van der Waals surface area (Å²) in [6.07, 6.45) is 9.94. The molecule has 2 aromatic carbocycles. The van der Waals surface area contributed by atoms with Crippen molar-refractivity contribution in [3.05, 3.63) is 120 Å². The lowest BCUT2D eigenvalue weighted by atomic mass is 9.51. The second-order valence-electron chi connectivity index (χ2n) is 21.2. The van der Waals surface area contributed by atoms with Gasteiger partial charge in [0.25, 0.3) is 11.8 Å². The topological polar surface area (TPSA) is 315 Å². The van der Waals surface area contributed by atoms with Crippen LogP contribution in [0.5, 0.6) is 0 Å². The minimum Gasteiger partial charge on any atom is -0.600 e. The van der Waals surface area contributed by atoms with Gasteiger partial charge < -0.3 is 44.6 Å². The Morgan fingerprint density at radius 2 is 1.06 bits per heavy atom. The van der Waals surface area contributed by atoms with E-state index in [-0.39, 0.29) is 96.7 Å². The van der Waals surface area contributed by atoms with E-state index in [1.54, 1.807) is 13.8 Å². The number of nitrogens with one attached hydrogen (secondary N) is 2. The molecule has 0 radical (unpaired) electrons. The van der Waals surface area contributed by atoms with Crippen molar-refractivity contribution in [1.82, 2.24) is 35.5 Å². The Kier molecular flexibility index (Phi) is 24.4. The third-order valence-corrected chi connectivity index (χ3v) is 13.6. The number of hydrogen-bond donors (Lipinski definition) is 6. The molecule has 2 aliphatic rings. The highest BCUT2D eigenvalue weighted by Gasteiger charge is 2.71. The smallest absolute Gasteiger partial charge is 0.587 e. The SMILES string of the molecule is CC(C)C[C@H](CC(=O)[C@H](Cc1ccccc1)NC(=O)c1cnccn1)B(O)O.CC(C)C[C@H](CC(=O)[C@H](Cc1ccccc1)NC(=O)c1cnccn1)[B-]12OC(=O)C[N+]1(C(C)C)CC(=O)O2.CC(C)N(CC(=O)O)CC(=O)O. The number of quaternary nitrogens is 1. The molecule has 2 aliphatic heterocycles. The summed E-state index contributed by atoms with van der Waals surface area (Å²) < 4.78 is 11.9. The van der Waals surface area contributed by atoms with Crippen molar-refractivity contribution < 1.29 is 72.3 Å². The van der Waals surface area contributed by atoms with Gasteiger partial charge in [-0.1, -0.05) is 94.8 Å². The number of carbonyl (C=O) groups excluding carboxylic acids is 6. The molecule has 2 fully saturated rings. The molecule has 2 saturated heterocycles. The van der Waals surface area contributed by atoms with Crippen LogP contribution in [0.3, 0.4) is 0 Å². The van der Waals surface area contributed by atoms with Gasteiger partial charge in [-0.25, -0.2) is 9.97 Å². The number of aliphatic carboxylic acids is 2. The minimum atomic E-state index is -2.46. The molecule has 0 saturated carbocycles. The molecule has 22 nitrogen and oxygen atoms in total. The molecule has 78 heavy (non-hydrogen) atoms. The lowest BCUT2D eigenvalue weighted by Gasteiger charge is -2.50. The summed E-state index contributed by atoms with van der Waals surface area (Å²) in [6, 6.07) is 16.9. The summed E-state index contributed by atoms with van der Waals surface area (Å²) in [5, 5.41) is 41.7. The van der Waals surface area contributed by atoms with E-state index >= 15 is 0 Å². The molecule has 0 bridgehead atoms. The maximum atomic E-state index is 14.0. The average molecular weight is 1080 g/mol. The molecule has 2 aromatic heterocycles. The first-order valence-corrected chi connectivity index (χ1v) is 26.1. The molecule has 4 aromatic rings. The number of rotatable bonds is 26. The van der Waals surface area contributed by atoms with Crippen molar-refractivity contribution in [2.24, 2.45) is 11.8 Å². The monoisotopic (exact) mass is 1080 g/mol. The fourth-order valence-electron chi connectivity index (χ4n) is 9.85. The highest BCUT2D eigenvalue weighted by Crippen LogP contribution is 2.49. The second-order valence-corrected chi connectivity index (χ2v) is 21.2. The number of Topliss-reactive ketones (excluding diaryl/α,β-unsaturated/α-hetero) is 2. The molecular formula is C54H74B2N8O14. The number of carboxylic acid groups (broad SMARTS) is 2. The standard InChI is InChI=1S/C27H35BN4O6.C20H26BN3O4.C7H13NO4/c1-18(2)12-21(28-32(19(3)4,16-25(34)37-28)17-26(35)38-28)14-24(33)22(13-20-8-6-5-7-9-20)31-27(36)23-15-29-10-11-30-23;1-14(2)10-16(21(27)28)12-19(25)17(11-15-6-4-3-5-7-15)24-20(26)18-13-22-8-9-23-18;1-5(2)8(3-6(9)10)4-7(11)12/h5-11,15,18-19,21-22H,12-14,16-17H2,1-4H3,(H,31,36);3-9,13-14,16-17,27-28H,10-12H2,1-2H3,(H,24,26);5H,3-4H2,1-2H3,(H,9,10)(H,11,12)/t21-,22+,28?,32?;16-,17+;/m11./s1. The van der Waals surface area contributed by atoms with Crippen LogP contribution in [0.1, 0.15) is 113 Å². The number of ketones is 2. The van der Waals surface area contributed by atoms with Gasteiger partial charge in [0.1, 0.15) is 24.5 Å². The zero-order valence-corrected chi connectivity index (χ0v) is 45.6. The Balaban J connectivity index is 0.000000287. The third-order valence-electron chi connectivity index (χ3n) is 13.6. The number of fused-ring (bicyclic) bond motifs is 1. The molecule has 0 spiro atoms. The molecular weight excluding hydrogens is 1010 g/mol. The molecule has 0 unspecified atom stereocenters. The van der Waals surface area contributed by atoms with Gasteiger partial charge in [-0.15, -0.1) is 0 Å². The molecule has 4 atom stereocenters. The number of nitrogens with zero attached hydrogens (tertiary/aromatic N) is 6. The predicted octanol–water partition coefficient (Wildman–Crippen LogP) is 4.00. The van der Waals surface area contributed by atoms with Crippen molar-refractivity contribution in [2.45, 2.75) is 130 Å². The van der Waals surface area contributed by atoms with E-state index in [1.165, 1.54) is 42.1 Å². The molecule has 2 amide bonds. The van der Waals surface area contributed by atoms with Gasteiger partial charge in [0.15, 0.2) is 11.6 Å².